The Kier molecular flexibility index (Phi) is 6.06. The highest BCUT2D eigenvalue weighted by Gasteiger charge is 2.32. The van der Waals surface area contributed by atoms with Gasteiger partial charge in [0, 0.05) is 47.1 Å². The van der Waals surface area contributed by atoms with E-state index in [0.29, 0.717) is 13.1 Å². The molecule has 3 rings (SSSR count). The first-order chi connectivity index (χ1) is 12.5. The second-order valence-electron chi connectivity index (χ2n) is 6.38. The molecule has 4 nitrogen and oxygen atoms in total. The van der Waals surface area contributed by atoms with Crippen LogP contribution in [-0.4, -0.2) is 46.8 Å². The number of carbonyl (C=O) groups excluding carboxylic acids is 2. The van der Waals surface area contributed by atoms with Gasteiger partial charge in [-0.2, -0.15) is 0 Å². The van der Waals surface area contributed by atoms with Crippen molar-refractivity contribution < 1.29 is 9.59 Å². The molecule has 1 fully saturated rings. The normalized spacial score (nSPS) is 21.0. The van der Waals surface area contributed by atoms with E-state index < -0.39 is 0 Å². The summed E-state index contributed by atoms with van der Waals surface area (Å²) in [5.74, 6) is -0.00190. The van der Waals surface area contributed by atoms with E-state index in [1.807, 2.05) is 70.8 Å². The number of thiophene rings is 2. The molecule has 0 spiro atoms. The molecule has 1 aliphatic rings. The summed E-state index contributed by atoms with van der Waals surface area (Å²) >= 11 is 3.21. The molecule has 136 valence electrons. The minimum Gasteiger partial charge on any atom is -0.333 e. The highest BCUT2D eigenvalue weighted by Crippen LogP contribution is 2.18. The van der Waals surface area contributed by atoms with Gasteiger partial charge >= 0.3 is 0 Å². The van der Waals surface area contributed by atoms with Crippen molar-refractivity contribution >= 4 is 46.6 Å². The highest BCUT2D eigenvalue weighted by molar-refractivity contribution is 7.11. The minimum atomic E-state index is -0.00854. The van der Waals surface area contributed by atoms with Crippen LogP contribution in [0.2, 0.25) is 0 Å². The lowest BCUT2D eigenvalue weighted by molar-refractivity contribution is -0.139. The molecule has 0 aliphatic carbocycles. The number of hydrogen-bond donors (Lipinski definition) is 0. The molecule has 0 unspecified atom stereocenters. The second-order valence-corrected chi connectivity index (χ2v) is 8.34. The molecule has 6 heteroatoms. The van der Waals surface area contributed by atoms with Gasteiger partial charge in [-0.3, -0.25) is 9.59 Å². The van der Waals surface area contributed by atoms with Gasteiger partial charge in [-0.05, 0) is 48.9 Å². The molecular weight excluding hydrogens is 364 g/mol. The van der Waals surface area contributed by atoms with Crippen LogP contribution in [0, 0.1) is 0 Å². The van der Waals surface area contributed by atoms with Gasteiger partial charge in [-0.15, -0.1) is 22.7 Å². The van der Waals surface area contributed by atoms with E-state index in [2.05, 4.69) is 0 Å². The molecule has 26 heavy (non-hydrogen) atoms. The van der Waals surface area contributed by atoms with Crippen LogP contribution < -0.4 is 0 Å². The molecule has 0 N–H and O–H groups in total. The quantitative estimate of drug-likeness (QED) is 0.746. The van der Waals surface area contributed by atoms with Crippen LogP contribution in [-0.2, 0) is 9.59 Å². The number of rotatable bonds is 4. The molecule has 1 saturated heterocycles. The number of amides is 2. The zero-order valence-corrected chi connectivity index (χ0v) is 16.5. The van der Waals surface area contributed by atoms with Gasteiger partial charge in [-0.1, -0.05) is 12.1 Å². The second kappa shape index (κ2) is 8.47. The fourth-order valence-corrected chi connectivity index (χ4v) is 4.25. The van der Waals surface area contributed by atoms with Crippen molar-refractivity contribution in [3.63, 3.8) is 0 Å². The first-order valence-electron chi connectivity index (χ1n) is 8.59. The third-order valence-electron chi connectivity index (χ3n) is 4.42. The number of hydrogen-bond acceptors (Lipinski definition) is 4. The maximum Gasteiger partial charge on any atom is 0.246 e. The fraction of sp³-hybridized carbons (Fsp3) is 0.300. The summed E-state index contributed by atoms with van der Waals surface area (Å²) in [4.78, 5) is 30.9. The minimum absolute atomic E-state index is 0.000948. The lowest BCUT2D eigenvalue weighted by Gasteiger charge is -2.43. The Labute approximate surface area is 162 Å². The molecule has 2 aromatic rings. The van der Waals surface area contributed by atoms with Crippen molar-refractivity contribution in [1.29, 1.82) is 0 Å². The number of carbonyl (C=O) groups is 2. The zero-order chi connectivity index (χ0) is 18.5. The van der Waals surface area contributed by atoms with E-state index in [0.717, 1.165) is 9.75 Å². The van der Waals surface area contributed by atoms with Crippen LogP contribution in [0.15, 0.2) is 47.2 Å². The summed E-state index contributed by atoms with van der Waals surface area (Å²) in [5.41, 5.74) is 0. The van der Waals surface area contributed by atoms with Crippen molar-refractivity contribution in [2.75, 3.05) is 13.1 Å². The zero-order valence-electron chi connectivity index (χ0n) is 14.9. The summed E-state index contributed by atoms with van der Waals surface area (Å²) in [5, 5.41) is 3.98. The lowest BCUT2D eigenvalue weighted by atomic mass is 10.1. The molecule has 2 aromatic heterocycles. The van der Waals surface area contributed by atoms with Crippen LogP contribution in [0.1, 0.15) is 23.6 Å². The average molecular weight is 387 g/mol. The van der Waals surface area contributed by atoms with Gasteiger partial charge in [0.2, 0.25) is 11.8 Å². The van der Waals surface area contributed by atoms with Crippen molar-refractivity contribution in [1.82, 2.24) is 9.80 Å². The topological polar surface area (TPSA) is 40.6 Å². The molecule has 2 amide bonds. The first kappa shape index (κ1) is 18.6. The third-order valence-corrected chi connectivity index (χ3v) is 6.09. The summed E-state index contributed by atoms with van der Waals surface area (Å²) in [6.07, 6.45) is 6.96. The summed E-state index contributed by atoms with van der Waals surface area (Å²) in [6.45, 7) is 5.08. The monoisotopic (exact) mass is 386 g/mol. The SMILES string of the molecule is C[C@@H]1CN(C(=O)/C=C/c2cccs2)[C@H](C)CN1C(=O)/C=C\c1cccs1. The van der Waals surface area contributed by atoms with Crippen LogP contribution in [0.25, 0.3) is 12.2 Å². The summed E-state index contributed by atoms with van der Waals surface area (Å²) in [7, 11) is 0. The first-order valence-corrected chi connectivity index (χ1v) is 10.3. The molecule has 0 bridgehead atoms. The van der Waals surface area contributed by atoms with E-state index >= 15 is 0 Å². The van der Waals surface area contributed by atoms with Crippen LogP contribution in [0.5, 0.6) is 0 Å². The maximum atomic E-state index is 12.5. The Bertz CT molecular complexity index is 726. The van der Waals surface area contributed by atoms with Gasteiger partial charge in [-0.25, -0.2) is 0 Å². The predicted molar refractivity (Wildman–Crippen MR) is 109 cm³/mol. The van der Waals surface area contributed by atoms with E-state index in [1.165, 1.54) is 0 Å². The summed E-state index contributed by atoms with van der Waals surface area (Å²) < 4.78 is 0. The molecule has 3 heterocycles. The molecule has 2 atom stereocenters. The van der Waals surface area contributed by atoms with E-state index in [-0.39, 0.29) is 23.9 Å². The van der Waals surface area contributed by atoms with Gasteiger partial charge in [0.1, 0.15) is 0 Å². The Morgan fingerprint density at radius 3 is 1.65 bits per heavy atom. The van der Waals surface area contributed by atoms with Crippen molar-refractivity contribution in [3.8, 4) is 0 Å². The third kappa shape index (κ3) is 4.51. The smallest absolute Gasteiger partial charge is 0.246 e. The maximum absolute atomic E-state index is 12.5. The number of nitrogens with zero attached hydrogens (tertiary/aromatic N) is 2. The van der Waals surface area contributed by atoms with Crippen LogP contribution >= 0.6 is 22.7 Å². The van der Waals surface area contributed by atoms with Crippen LogP contribution in [0.3, 0.4) is 0 Å². The molecular formula is C20H22N2O2S2. The van der Waals surface area contributed by atoms with E-state index in [4.69, 9.17) is 0 Å². The molecule has 0 radical (unpaired) electrons. The van der Waals surface area contributed by atoms with E-state index in [9.17, 15) is 9.59 Å². The lowest BCUT2D eigenvalue weighted by Crippen LogP contribution is -2.59. The molecule has 1 aliphatic heterocycles. The number of piperazine rings is 1. The molecule has 0 saturated carbocycles. The van der Waals surface area contributed by atoms with Crippen LogP contribution in [0.4, 0.5) is 0 Å². The standard InChI is InChI=1S/C20H22N2O2S2/c1-15-13-22(20(24)10-8-18-6-4-12-26-18)16(2)14-21(15)19(23)9-7-17-5-3-11-25-17/h3-12,15-16H,13-14H2,1-2H3/b9-7-,10-8+/t15-,16-/m1/s1. The Balaban J connectivity index is 1.61. The Morgan fingerprint density at radius 2 is 1.31 bits per heavy atom. The summed E-state index contributed by atoms with van der Waals surface area (Å²) in [6, 6.07) is 7.88. The van der Waals surface area contributed by atoms with Gasteiger partial charge in [0.25, 0.3) is 0 Å². The van der Waals surface area contributed by atoms with Crippen molar-refractivity contribution in [2.24, 2.45) is 0 Å². The van der Waals surface area contributed by atoms with Crippen molar-refractivity contribution in [2.45, 2.75) is 25.9 Å². The Morgan fingerprint density at radius 1 is 0.885 bits per heavy atom. The average Bonchev–Trinajstić information content (AvgIpc) is 3.32. The molecule has 0 aromatic carbocycles. The van der Waals surface area contributed by atoms with Crippen molar-refractivity contribution in [3.05, 3.63) is 56.9 Å². The van der Waals surface area contributed by atoms with Gasteiger partial charge in [0.05, 0.1) is 0 Å². The highest BCUT2D eigenvalue weighted by atomic mass is 32.1. The van der Waals surface area contributed by atoms with Gasteiger partial charge in [0.15, 0.2) is 0 Å². The predicted octanol–water partition coefficient (Wildman–Crippen LogP) is 3.98. The fourth-order valence-electron chi connectivity index (χ4n) is 3.01. The van der Waals surface area contributed by atoms with E-state index in [1.54, 1.807) is 34.8 Å². The van der Waals surface area contributed by atoms with Gasteiger partial charge < -0.3 is 9.80 Å². The largest absolute Gasteiger partial charge is 0.333 e. The Hall–Kier alpha value is -2.18.